The molecule has 1 aromatic heterocycles. The first kappa shape index (κ1) is 15.1. The molecule has 2 rings (SSSR count). The van der Waals surface area contributed by atoms with Crippen molar-refractivity contribution in [2.24, 2.45) is 5.41 Å². The second-order valence-electron chi connectivity index (χ2n) is 5.47. The summed E-state index contributed by atoms with van der Waals surface area (Å²) in [6.07, 6.45) is 2.94. The molecule has 20 heavy (non-hydrogen) atoms. The maximum absolute atomic E-state index is 12.1. The molecule has 0 bridgehead atoms. The van der Waals surface area contributed by atoms with Gasteiger partial charge in [-0.2, -0.15) is 0 Å². The van der Waals surface area contributed by atoms with Crippen LogP contribution in [0.25, 0.3) is 0 Å². The Balaban J connectivity index is 1.99. The predicted molar refractivity (Wildman–Crippen MR) is 81.2 cm³/mol. The van der Waals surface area contributed by atoms with E-state index in [-0.39, 0.29) is 23.7 Å². The monoisotopic (exact) mass is 298 g/mol. The van der Waals surface area contributed by atoms with Gasteiger partial charge in [-0.05, 0) is 19.3 Å². The van der Waals surface area contributed by atoms with Crippen LogP contribution in [0.5, 0.6) is 0 Å². The standard InChI is InChI=1S/C13H22N4O2S/c1-3-6-17(2)12-16-10(14)9(20-12)11(19)15-7-13(8-18)4-5-13/h18H,3-8,14H2,1-2H3,(H,15,19). The second-order valence-corrected chi connectivity index (χ2v) is 6.45. The minimum atomic E-state index is -0.198. The third kappa shape index (κ3) is 3.21. The van der Waals surface area contributed by atoms with Gasteiger partial charge in [0.15, 0.2) is 5.13 Å². The molecule has 1 amide bonds. The highest BCUT2D eigenvalue weighted by molar-refractivity contribution is 7.18. The van der Waals surface area contributed by atoms with Crippen LogP contribution in [-0.4, -0.2) is 42.7 Å². The first-order chi connectivity index (χ1) is 9.51. The van der Waals surface area contributed by atoms with E-state index in [0.717, 1.165) is 30.9 Å². The van der Waals surface area contributed by atoms with Crippen molar-refractivity contribution in [2.45, 2.75) is 26.2 Å². The van der Waals surface area contributed by atoms with Crippen LogP contribution in [-0.2, 0) is 0 Å². The molecule has 4 N–H and O–H groups in total. The fourth-order valence-electron chi connectivity index (χ4n) is 1.99. The number of hydrogen-bond acceptors (Lipinski definition) is 6. The summed E-state index contributed by atoms with van der Waals surface area (Å²) in [7, 11) is 1.94. The maximum Gasteiger partial charge on any atom is 0.265 e. The van der Waals surface area contributed by atoms with Crippen LogP contribution in [0.3, 0.4) is 0 Å². The average Bonchev–Trinajstić information content (AvgIpc) is 3.11. The molecule has 0 aromatic carbocycles. The van der Waals surface area contributed by atoms with Gasteiger partial charge in [-0.3, -0.25) is 4.79 Å². The Morgan fingerprint density at radius 1 is 1.60 bits per heavy atom. The molecule has 1 aromatic rings. The first-order valence-corrected chi connectivity index (χ1v) is 7.69. The number of hydrogen-bond donors (Lipinski definition) is 3. The second kappa shape index (κ2) is 5.97. The van der Waals surface area contributed by atoms with Crippen LogP contribution in [0.2, 0.25) is 0 Å². The Labute approximate surface area is 123 Å². The van der Waals surface area contributed by atoms with Crippen molar-refractivity contribution >= 4 is 28.2 Å². The summed E-state index contributed by atoms with van der Waals surface area (Å²) in [5.74, 6) is 0.0789. The minimum Gasteiger partial charge on any atom is -0.396 e. The number of nitrogens with zero attached hydrogens (tertiary/aromatic N) is 2. The van der Waals surface area contributed by atoms with Crippen LogP contribution < -0.4 is 16.0 Å². The third-order valence-corrected chi connectivity index (χ3v) is 4.83. The van der Waals surface area contributed by atoms with Gasteiger partial charge >= 0.3 is 0 Å². The van der Waals surface area contributed by atoms with Gasteiger partial charge in [0, 0.05) is 25.6 Å². The quantitative estimate of drug-likeness (QED) is 0.700. The van der Waals surface area contributed by atoms with Gasteiger partial charge in [0.25, 0.3) is 5.91 Å². The predicted octanol–water partition coefficient (Wildman–Crippen LogP) is 1.07. The highest BCUT2D eigenvalue weighted by Crippen LogP contribution is 2.44. The van der Waals surface area contributed by atoms with Crippen molar-refractivity contribution in [3.05, 3.63) is 4.88 Å². The lowest BCUT2D eigenvalue weighted by molar-refractivity contribution is 0.0940. The number of rotatable bonds is 7. The number of thiazole rings is 1. The Bertz CT molecular complexity index is 485. The van der Waals surface area contributed by atoms with Gasteiger partial charge in [0.1, 0.15) is 10.7 Å². The molecule has 1 aliphatic carbocycles. The van der Waals surface area contributed by atoms with Crippen molar-refractivity contribution in [1.82, 2.24) is 10.3 Å². The summed E-state index contributed by atoms with van der Waals surface area (Å²) in [5, 5.41) is 12.9. The summed E-state index contributed by atoms with van der Waals surface area (Å²) in [6, 6.07) is 0. The van der Waals surface area contributed by atoms with Crippen LogP contribution >= 0.6 is 11.3 Å². The molecule has 1 aliphatic rings. The number of anilines is 2. The molecule has 1 fully saturated rings. The number of nitrogen functional groups attached to an aromatic ring is 1. The molecule has 0 radical (unpaired) electrons. The number of aliphatic hydroxyl groups excluding tert-OH is 1. The molecule has 1 saturated carbocycles. The molecule has 0 saturated heterocycles. The zero-order valence-electron chi connectivity index (χ0n) is 12.0. The average molecular weight is 298 g/mol. The lowest BCUT2D eigenvalue weighted by Crippen LogP contribution is -2.31. The van der Waals surface area contributed by atoms with E-state index in [1.54, 1.807) is 0 Å². The number of carbonyl (C=O) groups excluding carboxylic acids is 1. The fraction of sp³-hybridized carbons (Fsp3) is 0.692. The van der Waals surface area contributed by atoms with Crippen LogP contribution in [0, 0.1) is 5.41 Å². The molecule has 6 nitrogen and oxygen atoms in total. The van der Waals surface area contributed by atoms with Gasteiger partial charge < -0.3 is 21.1 Å². The van der Waals surface area contributed by atoms with E-state index in [0.29, 0.717) is 11.4 Å². The Hall–Kier alpha value is -1.34. The van der Waals surface area contributed by atoms with Crippen molar-refractivity contribution in [3.8, 4) is 0 Å². The molecule has 1 heterocycles. The van der Waals surface area contributed by atoms with E-state index in [9.17, 15) is 9.90 Å². The van der Waals surface area contributed by atoms with Crippen molar-refractivity contribution in [2.75, 3.05) is 37.4 Å². The molecule has 7 heteroatoms. The van der Waals surface area contributed by atoms with E-state index in [1.807, 2.05) is 11.9 Å². The normalized spacial score (nSPS) is 15.9. The number of carbonyl (C=O) groups is 1. The van der Waals surface area contributed by atoms with Gasteiger partial charge in [0.05, 0.1) is 6.61 Å². The van der Waals surface area contributed by atoms with Crippen LogP contribution in [0.15, 0.2) is 0 Å². The van der Waals surface area contributed by atoms with E-state index in [4.69, 9.17) is 5.73 Å². The van der Waals surface area contributed by atoms with Crippen LogP contribution in [0.1, 0.15) is 35.9 Å². The van der Waals surface area contributed by atoms with Crippen molar-refractivity contribution in [1.29, 1.82) is 0 Å². The SMILES string of the molecule is CCCN(C)c1nc(N)c(C(=O)NCC2(CO)CC2)s1. The van der Waals surface area contributed by atoms with Gasteiger partial charge in [-0.1, -0.05) is 18.3 Å². The number of aliphatic hydroxyl groups is 1. The molecule has 0 unspecified atom stereocenters. The van der Waals surface area contributed by atoms with E-state index >= 15 is 0 Å². The lowest BCUT2D eigenvalue weighted by atomic mass is 10.1. The summed E-state index contributed by atoms with van der Waals surface area (Å²) < 4.78 is 0. The van der Waals surface area contributed by atoms with Crippen LogP contribution in [0.4, 0.5) is 10.9 Å². The zero-order valence-corrected chi connectivity index (χ0v) is 12.8. The van der Waals surface area contributed by atoms with E-state index in [2.05, 4.69) is 17.2 Å². The van der Waals surface area contributed by atoms with Gasteiger partial charge in [-0.15, -0.1) is 0 Å². The lowest BCUT2D eigenvalue weighted by Gasteiger charge is -2.13. The summed E-state index contributed by atoms with van der Waals surface area (Å²) >= 11 is 1.31. The minimum absolute atomic E-state index is 0.100. The first-order valence-electron chi connectivity index (χ1n) is 6.88. The molecule has 0 spiro atoms. The summed E-state index contributed by atoms with van der Waals surface area (Å²) in [4.78, 5) is 18.8. The zero-order chi connectivity index (χ0) is 14.8. The molecule has 0 aliphatic heterocycles. The van der Waals surface area contributed by atoms with Crippen molar-refractivity contribution in [3.63, 3.8) is 0 Å². The van der Waals surface area contributed by atoms with Gasteiger partial charge in [-0.25, -0.2) is 4.98 Å². The summed E-state index contributed by atoms with van der Waals surface area (Å²) in [6.45, 7) is 3.59. The number of nitrogens with two attached hydrogens (primary N) is 1. The van der Waals surface area contributed by atoms with Crippen molar-refractivity contribution < 1.29 is 9.90 Å². The Kier molecular flexibility index (Phi) is 4.49. The smallest absolute Gasteiger partial charge is 0.265 e. The number of amides is 1. The maximum atomic E-state index is 12.1. The Morgan fingerprint density at radius 2 is 2.30 bits per heavy atom. The molecule has 112 valence electrons. The van der Waals surface area contributed by atoms with E-state index < -0.39 is 0 Å². The number of nitrogens with one attached hydrogen (secondary N) is 1. The molecule has 0 atom stereocenters. The number of aromatic nitrogens is 1. The highest BCUT2D eigenvalue weighted by atomic mass is 32.1. The third-order valence-electron chi connectivity index (χ3n) is 3.65. The summed E-state index contributed by atoms with van der Waals surface area (Å²) in [5.41, 5.74) is 5.73. The topological polar surface area (TPSA) is 91.5 Å². The fourth-order valence-corrected chi connectivity index (χ4v) is 2.88. The molecular weight excluding hydrogens is 276 g/mol. The molecular formula is C13H22N4O2S. The Morgan fingerprint density at radius 3 is 2.85 bits per heavy atom. The van der Waals surface area contributed by atoms with Gasteiger partial charge in [0.2, 0.25) is 0 Å². The van der Waals surface area contributed by atoms with E-state index in [1.165, 1.54) is 11.3 Å². The largest absolute Gasteiger partial charge is 0.396 e. The highest BCUT2D eigenvalue weighted by Gasteiger charge is 2.42.